The maximum atomic E-state index is 11.6. The molecule has 0 saturated carbocycles. The highest BCUT2D eigenvalue weighted by molar-refractivity contribution is 5.77. The first-order valence-corrected chi connectivity index (χ1v) is 6.22. The SMILES string of the molecule is O=Cc1cccc(OC(=O)CCOc2ccccc2)c1. The van der Waals surface area contributed by atoms with E-state index in [4.69, 9.17) is 9.47 Å². The lowest BCUT2D eigenvalue weighted by Crippen LogP contribution is -2.12. The Kier molecular flexibility index (Phi) is 4.89. The summed E-state index contributed by atoms with van der Waals surface area (Å²) in [5, 5.41) is 0. The fraction of sp³-hybridized carbons (Fsp3) is 0.125. The van der Waals surface area contributed by atoms with E-state index in [9.17, 15) is 9.59 Å². The second kappa shape index (κ2) is 7.09. The van der Waals surface area contributed by atoms with E-state index in [-0.39, 0.29) is 13.0 Å². The van der Waals surface area contributed by atoms with Gasteiger partial charge in [-0.25, -0.2) is 0 Å². The summed E-state index contributed by atoms with van der Waals surface area (Å²) >= 11 is 0. The highest BCUT2D eigenvalue weighted by Gasteiger charge is 2.06. The maximum absolute atomic E-state index is 11.6. The van der Waals surface area contributed by atoms with Crippen LogP contribution in [0, 0.1) is 0 Å². The molecule has 4 heteroatoms. The summed E-state index contributed by atoms with van der Waals surface area (Å²) in [7, 11) is 0. The van der Waals surface area contributed by atoms with Crippen molar-refractivity contribution in [2.24, 2.45) is 0 Å². The molecule has 2 aromatic rings. The Morgan fingerprint density at radius 2 is 1.75 bits per heavy atom. The molecule has 0 aromatic heterocycles. The van der Waals surface area contributed by atoms with Gasteiger partial charge in [-0.15, -0.1) is 0 Å². The molecule has 0 aliphatic heterocycles. The van der Waals surface area contributed by atoms with E-state index in [0.717, 1.165) is 0 Å². The Hall–Kier alpha value is -2.62. The maximum Gasteiger partial charge on any atom is 0.314 e. The van der Waals surface area contributed by atoms with Gasteiger partial charge in [-0.3, -0.25) is 9.59 Å². The van der Waals surface area contributed by atoms with E-state index in [1.165, 1.54) is 6.07 Å². The number of esters is 1. The van der Waals surface area contributed by atoms with Crippen LogP contribution in [0.4, 0.5) is 0 Å². The van der Waals surface area contributed by atoms with E-state index in [1.807, 2.05) is 30.3 Å². The third-order valence-electron chi connectivity index (χ3n) is 2.54. The minimum Gasteiger partial charge on any atom is -0.493 e. The standard InChI is InChI=1S/C16H14O4/c17-12-13-5-4-8-15(11-13)20-16(18)9-10-19-14-6-2-1-3-7-14/h1-8,11-12H,9-10H2. The van der Waals surface area contributed by atoms with Gasteiger partial charge in [0.2, 0.25) is 0 Å². The lowest BCUT2D eigenvalue weighted by molar-refractivity contribution is -0.134. The number of ether oxygens (including phenoxy) is 2. The van der Waals surface area contributed by atoms with Crippen molar-refractivity contribution in [1.82, 2.24) is 0 Å². The second-order valence-corrected chi connectivity index (χ2v) is 4.08. The van der Waals surface area contributed by atoms with Gasteiger partial charge in [-0.1, -0.05) is 30.3 Å². The molecule has 4 nitrogen and oxygen atoms in total. The van der Waals surface area contributed by atoms with Gasteiger partial charge < -0.3 is 9.47 Å². The van der Waals surface area contributed by atoms with Crippen molar-refractivity contribution in [3.8, 4) is 11.5 Å². The van der Waals surface area contributed by atoms with Gasteiger partial charge in [-0.2, -0.15) is 0 Å². The lowest BCUT2D eigenvalue weighted by atomic mass is 10.2. The number of carbonyl (C=O) groups is 2. The molecule has 0 saturated heterocycles. The van der Waals surface area contributed by atoms with E-state index < -0.39 is 5.97 Å². The molecule has 0 fully saturated rings. The third kappa shape index (κ3) is 4.24. The molecule has 0 amide bonds. The largest absolute Gasteiger partial charge is 0.493 e. The number of rotatable bonds is 6. The summed E-state index contributed by atoms with van der Waals surface area (Å²) < 4.78 is 10.5. The van der Waals surface area contributed by atoms with Crippen molar-refractivity contribution >= 4 is 12.3 Å². The number of hydrogen-bond donors (Lipinski definition) is 0. The number of para-hydroxylation sites is 1. The van der Waals surface area contributed by atoms with Crippen molar-refractivity contribution in [2.75, 3.05) is 6.61 Å². The van der Waals surface area contributed by atoms with Crippen molar-refractivity contribution in [3.05, 3.63) is 60.2 Å². The van der Waals surface area contributed by atoms with Gasteiger partial charge in [-0.05, 0) is 24.3 Å². The molecule has 0 spiro atoms. The first kappa shape index (κ1) is 13.8. The average Bonchev–Trinajstić information content (AvgIpc) is 2.48. The summed E-state index contributed by atoms with van der Waals surface area (Å²) in [6.45, 7) is 0.246. The van der Waals surface area contributed by atoms with E-state index >= 15 is 0 Å². The number of hydrogen-bond acceptors (Lipinski definition) is 4. The lowest BCUT2D eigenvalue weighted by Gasteiger charge is -2.06. The third-order valence-corrected chi connectivity index (χ3v) is 2.54. The number of carbonyl (C=O) groups excluding carboxylic acids is 2. The molecular formula is C16H14O4. The number of benzene rings is 2. The molecule has 20 heavy (non-hydrogen) atoms. The monoisotopic (exact) mass is 270 g/mol. The summed E-state index contributed by atoms with van der Waals surface area (Å²) in [6.07, 6.45) is 0.843. The van der Waals surface area contributed by atoms with E-state index in [2.05, 4.69) is 0 Å². The fourth-order valence-corrected chi connectivity index (χ4v) is 1.60. The van der Waals surface area contributed by atoms with Crippen LogP contribution in [0.15, 0.2) is 54.6 Å². The number of aldehydes is 1. The zero-order valence-electron chi connectivity index (χ0n) is 10.8. The van der Waals surface area contributed by atoms with Crippen molar-refractivity contribution < 1.29 is 19.1 Å². The molecule has 0 radical (unpaired) electrons. The van der Waals surface area contributed by atoms with Crippen molar-refractivity contribution in [2.45, 2.75) is 6.42 Å². The smallest absolute Gasteiger partial charge is 0.314 e. The quantitative estimate of drug-likeness (QED) is 0.460. The van der Waals surface area contributed by atoms with Gasteiger partial charge >= 0.3 is 5.97 Å². The first-order valence-electron chi connectivity index (χ1n) is 6.22. The molecule has 2 aromatic carbocycles. The predicted octanol–water partition coefficient (Wildman–Crippen LogP) is 2.87. The van der Waals surface area contributed by atoms with E-state index in [0.29, 0.717) is 23.3 Å². The van der Waals surface area contributed by atoms with Crippen LogP contribution >= 0.6 is 0 Å². The van der Waals surface area contributed by atoms with Crippen LogP contribution in [0.2, 0.25) is 0 Å². The van der Waals surface area contributed by atoms with Gasteiger partial charge in [0.15, 0.2) is 0 Å². The minimum atomic E-state index is -0.399. The van der Waals surface area contributed by atoms with Crippen LogP contribution in [-0.2, 0) is 4.79 Å². The average molecular weight is 270 g/mol. The highest BCUT2D eigenvalue weighted by Crippen LogP contribution is 2.13. The summed E-state index contributed by atoms with van der Waals surface area (Å²) in [4.78, 5) is 22.2. The first-order chi connectivity index (χ1) is 9.78. The molecule has 0 unspecified atom stereocenters. The van der Waals surface area contributed by atoms with Crippen LogP contribution in [-0.4, -0.2) is 18.9 Å². The molecule has 102 valence electrons. The van der Waals surface area contributed by atoms with Crippen LogP contribution in [0.25, 0.3) is 0 Å². The Balaban J connectivity index is 1.79. The van der Waals surface area contributed by atoms with E-state index in [1.54, 1.807) is 18.2 Å². The molecule has 0 heterocycles. The van der Waals surface area contributed by atoms with Crippen LogP contribution < -0.4 is 9.47 Å². The highest BCUT2D eigenvalue weighted by atomic mass is 16.5. The Labute approximate surface area is 116 Å². The zero-order chi connectivity index (χ0) is 14.2. The zero-order valence-corrected chi connectivity index (χ0v) is 10.8. The van der Waals surface area contributed by atoms with Crippen molar-refractivity contribution in [3.63, 3.8) is 0 Å². The Bertz CT molecular complexity index is 578. The van der Waals surface area contributed by atoms with Gasteiger partial charge in [0.25, 0.3) is 0 Å². The van der Waals surface area contributed by atoms with Crippen LogP contribution in [0.3, 0.4) is 0 Å². The van der Waals surface area contributed by atoms with Crippen LogP contribution in [0.1, 0.15) is 16.8 Å². The second-order valence-electron chi connectivity index (χ2n) is 4.08. The molecule has 0 atom stereocenters. The summed E-state index contributed by atoms with van der Waals surface area (Å²) in [5.41, 5.74) is 0.468. The molecular weight excluding hydrogens is 256 g/mol. The van der Waals surface area contributed by atoms with Gasteiger partial charge in [0.05, 0.1) is 13.0 Å². The molecule has 2 rings (SSSR count). The van der Waals surface area contributed by atoms with Gasteiger partial charge in [0.1, 0.15) is 17.8 Å². The van der Waals surface area contributed by atoms with Gasteiger partial charge in [0, 0.05) is 5.56 Å². The summed E-state index contributed by atoms with van der Waals surface area (Å²) in [5.74, 6) is 0.673. The normalized spacial score (nSPS) is 9.80. The molecule has 0 aliphatic rings. The topological polar surface area (TPSA) is 52.6 Å². The fourth-order valence-electron chi connectivity index (χ4n) is 1.60. The minimum absolute atomic E-state index is 0.139. The Morgan fingerprint density at radius 1 is 1.00 bits per heavy atom. The molecule has 0 N–H and O–H groups in total. The molecule has 0 bridgehead atoms. The summed E-state index contributed by atoms with van der Waals surface area (Å²) in [6, 6.07) is 15.7. The van der Waals surface area contributed by atoms with Crippen molar-refractivity contribution in [1.29, 1.82) is 0 Å². The molecule has 0 aliphatic carbocycles. The van der Waals surface area contributed by atoms with Crippen LogP contribution in [0.5, 0.6) is 11.5 Å². The predicted molar refractivity (Wildman–Crippen MR) is 74.0 cm³/mol. The Morgan fingerprint density at radius 3 is 2.50 bits per heavy atom.